The molecule has 4 nitrogen and oxygen atoms in total. The molecule has 0 radical (unpaired) electrons. The lowest BCUT2D eigenvalue weighted by atomic mass is 10.1. The van der Waals surface area contributed by atoms with Crippen LogP contribution in [0.1, 0.15) is 23.2 Å². The van der Waals surface area contributed by atoms with Crippen LogP contribution in [0.25, 0.3) is 10.8 Å². The van der Waals surface area contributed by atoms with Crippen molar-refractivity contribution in [3.05, 3.63) is 42.0 Å². The summed E-state index contributed by atoms with van der Waals surface area (Å²) in [4.78, 5) is 14.4. The van der Waals surface area contributed by atoms with Gasteiger partial charge in [0.15, 0.2) is 0 Å². The second-order valence-corrected chi connectivity index (χ2v) is 5.38. The van der Waals surface area contributed by atoms with E-state index in [1.165, 1.54) is 0 Å². The molecule has 0 spiro atoms. The standard InChI is InChI=1S/C17H21N3O.2ClH/c18-9-3-10-19-11-4-12-20-15-8-2-6-13-5-1-7-14(16(13)15)17(20)21;;/h1-2,5-8,19H,3-4,9-12,18H2;2*1H. The zero-order valence-electron chi connectivity index (χ0n) is 13.0. The first-order chi connectivity index (χ1) is 10.3. The Bertz CT molecular complexity index is 658. The fourth-order valence-corrected chi connectivity index (χ4v) is 2.92. The number of hydrogen-bond donors (Lipinski definition) is 2. The van der Waals surface area contributed by atoms with Crippen LogP contribution in [-0.4, -0.2) is 32.1 Å². The lowest BCUT2D eigenvalue weighted by Crippen LogP contribution is -2.30. The molecule has 1 aliphatic rings. The smallest absolute Gasteiger partial charge is 0.258 e. The highest BCUT2D eigenvalue weighted by atomic mass is 35.5. The number of anilines is 1. The van der Waals surface area contributed by atoms with Gasteiger partial charge in [0.1, 0.15) is 0 Å². The van der Waals surface area contributed by atoms with Crippen LogP contribution in [0, 0.1) is 0 Å². The maximum absolute atomic E-state index is 12.5. The quantitative estimate of drug-likeness (QED) is 0.750. The molecule has 0 saturated carbocycles. The van der Waals surface area contributed by atoms with Gasteiger partial charge < -0.3 is 16.0 Å². The van der Waals surface area contributed by atoms with E-state index >= 15 is 0 Å². The summed E-state index contributed by atoms with van der Waals surface area (Å²) in [6.07, 6.45) is 1.94. The summed E-state index contributed by atoms with van der Waals surface area (Å²) >= 11 is 0. The Morgan fingerprint density at radius 3 is 2.43 bits per heavy atom. The van der Waals surface area contributed by atoms with Crippen LogP contribution >= 0.6 is 24.8 Å². The average molecular weight is 356 g/mol. The zero-order valence-corrected chi connectivity index (χ0v) is 14.6. The monoisotopic (exact) mass is 355 g/mol. The molecule has 6 heteroatoms. The number of nitrogens with one attached hydrogen (secondary N) is 1. The number of nitrogens with two attached hydrogens (primary N) is 1. The van der Waals surface area contributed by atoms with Gasteiger partial charge in [-0.25, -0.2) is 0 Å². The highest BCUT2D eigenvalue weighted by Crippen LogP contribution is 2.36. The van der Waals surface area contributed by atoms with Crippen LogP contribution in [0.3, 0.4) is 0 Å². The lowest BCUT2D eigenvalue weighted by molar-refractivity contribution is 0.0993. The second-order valence-electron chi connectivity index (χ2n) is 5.38. The van der Waals surface area contributed by atoms with E-state index in [1.807, 2.05) is 29.2 Å². The third kappa shape index (κ3) is 3.96. The molecule has 1 aliphatic heterocycles. The molecule has 3 N–H and O–H groups in total. The van der Waals surface area contributed by atoms with Crippen LogP contribution in [0.5, 0.6) is 0 Å². The van der Waals surface area contributed by atoms with Gasteiger partial charge in [0.25, 0.3) is 5.91 Å². The predicted octanol–water partition coefficient (Wildman–Crippen LogP) is 2.97. The summed E-state index contributed by atoms with van der Waals surface area (Å²) in [5, 5.41) is 5.59. The Morgan fingerprint density at radius 1 is 1.00 bits per heavy atom. The molecule has 1 amide bonds. The minimum atomic E-state index is 0. The minimum absolute atomic E-state index is 0. The Morgan fingerprint density at radius 2 is 1.70 bits per heavy atom. The van der Waals surface area contributed by atoms with Crippen molar-refractivity contribution in [2.24, 2.45) is 5.73 Å². The van der Waals surface area contributed by atoms with Gasteiger partial charge in [-0.1, -0.05) is 24.3 Å². The summed E-state index contributed by atoms with van der Waals surface area (Å²) in [6, 6.07) is 12.1. The van der Waals surface area contributed by atoms with Crippen LogP contribution in [0.15, 0.2) is 36.4 Å². The molecular formula is C17H23Cl2N3O. The summed E-state index contributed by atoms with van der Waals surface area (Å²) in [5.41, 5.74) is 7.34. The largest absolute Gasteiger partial charge is 0.330 e. The average Bonchev–Trinajstić information content (AvgIpc) is 2.79. The maximum Gasteiger partial charge on any atom is 0.258 e. The first-order valence-electron chi connectivity index (χ1n) is 7.57. The van der Waals surface area contributed by atoms with Crippen molar-refractivity contribution in [2.45, 2.75) is 12.8 Å². The van der Waals surface area contributed by atoms with Crippen molar-refractivity contribution in [3.63, 3.8) is 0 Å². The molecule has 0 atom stereocenters. The summed E-state index contributed by atoms with van der Waals surface area (Å²) in [6.45, 7) is 3.33. The van der Waals surface area contributed by atoms with Crippen LogP contribution < -0.4 is 16.0 Å². The minimum Gasteiger partial charge on any atom is -0.330 e. The zero-order chi connectivity index (χ0) is 14.7. The lowest BCUT2D eigenvalue weighted by Gasteiger charge is -2.17. The van der Waals surface area contributed by atoms with Crippen molar-refractivity contribution in [2.75, 3.05) is 31.1 Å². The highest BCUT2D eigenvalue weighted by Gasteiger charge is 2.28. The molecule has 1 heterocycles. The number of benzene rings is 2. The van der Waals surface area contributed by atoms with Gasteiger partial charge in [0.2, 0.25) is 0 Å². The van der Waals surface area contributed by atoms with Crippen molar-refractivity contribution in [1.82, 2.24) is 5.32 Å². The van der Waals surface area contributed by atoms with Gasteiger partial charge in [-0.05, 0) is 50.0 Å². The Kier molecular flexibility index (Phi) is 7.79. The van der Waals surface area contributed by atoms with Gasteiger partial charge in [0, 0.05) is 17.5 Å². The van der Waals surface area contributed by atoms with E-state index in [2.05, 4.69) is 17.4 Å². The normalized spacial score (nSPS) is 12.2. The van der Waals surface area contributed by atoms with Crippen molar-refractivity contribution < 1.29 is 4.79 Å². The van der Waals surface area contributed by atoms with E-state index in [1.54, 1.807) is 0 Å². The number of carbonyl (C=O) groups excluding carboxylic acids is 1. The molecule has 126 valence electrons. The fraction of sp³-hybridized carbons (Fsp3) is 0.353. The van der Waals surface area contributed by atoms with Gasteiger partial charge in [-0.2, -0.15) is 0 Å². The molecule has 0 unspecified atom stereocenters. The fourth-order valence-electron chi connectivity index (χ4n) is 2.92. The molecule has 2 aromatic rings. The molecule has 0 fully saturated rings. The van der Waals surface area contributed by atoms with Crippen LogP contribution in [0.4, 0.5) is 5.69 Å². The Labute approximate surface area is 149 Å². The van der Waals surface area contributed by atoms with E-state index in [4.69, 9.17) is 5.73 Å². The van der Waals surface area contributed by atoms with Crippen molar-refractivity contribution in [3.8, 4) is 0 Å². The first-order valence-corrected chi connectivity index (χ1v) is 7.57. The van der Waals surface area contributed by atoms with E-state index in [-0.39, 0.29) is 30.7 Å². The van der Waals surface area contributed by atoms with E-state index in [0.29, 0.717) is 0 Å². The summed E-state index contributed by atoms with van der Waals surface area (Å²) < 4.78 is 0. The Balaban J connectivity index is 0.00000132. The Hall–Kier alpha value is -1.33. The number of carbonyl (C=O) groups is 1. The topological polar surface area (TPSA) is 58.4 Å². The third-order valence-corrected chi connectivity index (χ3v) is 3.94. The number of hydrogen-bond acceptors (Lipinski definition) is 3. The second kappa shape index (κ2) is 9.08. The van der Waals surface area contributed by atoms with Gasteiger partial charge in [-0.15, -0.1) is 24.8 Å². The molecular weight excluding hydrogens is 333 g/mol. The van der Waals surface area contributed by atoms with E-state index in [9.17, 15) is 4.79 Å². The number of nitrogens with zero attached hydrogens (tertiary/aromatic N) is 1. The molecule has 23 heavy (non-hydrogen) atoms. The number of amides is 1. The van der Waals surface area contributed by atoms with Gasteiger partial charge in [0.05, 0.1) is 5.69 Å². The van der Waals surface area contributed by atoms with Crippen LogP contribution in [0.2, 0.25) is 0 Å². The van der Waals surface area contributed by atoms with Crippen molar-refractivity contribution in [1.29, 1.82) is 0 Å². The third-order valence-electron chi connectivity index (χ3n) is 3.94. The van der Waals surface area contributed by atoms with E-state index in [0.717, 1.165) is 61.0 Å². The number of halogens is 2. The predicted molar refractivity (Wildman–Crippen MR) is 101 cm³/mol. The molecule has 0 aliphatic carbocycles. The van der Waals surface area contributed by atoms with Crippen molar-refractivity contribution >= 4 is 47.2 Å². The SMILES string of the molecule is Cl.Cl.NCCCNCCCN1C(=O)c2cccc3cccc1c23. The molecule has 0 saturated heterocycles. The highest BCUT2D eigenvalue weighted by molar-refractivity contribution is 6.24. The molecule has 2 aromatic carbocycles. The molecule has 0 aromatic heterocycles. The van der Waals surface area contributed by atoms with Gasteiger partial charge in [-0.3, -0.25) is 4.79 Å². The van der Waals surface area contributed by atoms with Gasteiger partial charge >= 0.3 is 0 Å². The summed E-state index contributed by atoms with van der Waals surface area (Å²) in [7, 11) is 0. The van der Waals surface area contributed by atoms with Crippen LogP contribution in [-0.2, 0) is 0 Å². The van der Waals surface area contributed by atoms with E-state index < -0.39 is 0 Å². The maximum atomic E-state index is 12.5. The number of rotatable bonds is 7. The molecule has 3 rings (SSSR count). The first kappa shape index (κ1) is 19.7. The summed E-state index contributed by atoms with van der Waals surface area (Å²) in [5.74, 6) is 0.128. The molecule has 0 bridgehead atoms.